The molecule has 2 aromatic heterocycles. The summed E-state index contributed by atoms with van der Waals surface area (Å²) >= 11 is 0. The third kappa shape index (κ3) is 3.66. The molecule has 10 heteroatoms. The maximum Gasteiger partial charge on any atom is 0.420 e. The minimum absolute atomic E-state index is 0.0660. The van der Waals surface area contributed by atoms with Crippen LogP contribution in [0.5, 0.6) is 0 Å². The SMILES string of the molecule is O=CN1CCc2cc(-c3cnc4[nH]cc(C(F)(F)F)c4n3)cc(C3COCCN3)c2C1. The van der Waals surface area contributed by atoms with Crippen LogP contribution in [0, 0.1) is 0 Å². The number of H-pyrrole nitrogens is 1. The van der Waals surface area contributed by atoms with Crippen molar-refractivity contribution in [2.45, 2.75) is 25.2 Å². The molecule has 1 amide bonds. The molecule has 0 saturated carbocycles. The molecule has 1 unspecified atom stereocenters. The number of aromatic nitrogens is 3. The summed E-state index contributed by atoms with van der Waals surface area (Å²) in [6.45, 7) is 2.89. The zero-order valence-corrected chi connectivity index (χ0v) is 16.5. The lowest BCUT2D eigenvalue weighted by Gasteiger charge is -2.32. The van der Waals surface area contributed by atoms with Crippen LogP contribution in [-0.2, 0) is 28.7 Å². The van der Waals surface area contributed by atoms with E-state index in [1.54, 1.807) is 4.90 Å². The highest BCUT2D eigenvalue weighted by molar-refractivity contribution is 5.79. The van der Waals surface area contributed by atoms with Crippen molar-refractivity contribution in [3.63, 3.8) is 0 Å². The second-order valence-electron chi connectivity index (χ2n) is 7.76. The van der Waals surface area contributed by atoms with Gasteiger partial charge in [0.15, 0.2) is 5.65 Å². The Labute approximate surface area is 175 Å². The summed E-state index contributed by atoms with van der Waals surface area (Å²) in [6.07, 6.45) is -0.639. The minimum atomic E-state index is -4.52. The van der Waals surface area contributed by atoms with Crippen LogP contribution in [0.4, 0.5) is 13.2 Å². The van der Waals surface area contributed by atoms with Crippen molar-refractivity contribution in [1.82, 2.24) is 25.2 Å². The zero-order valence-electron chi connectivity index (χ0n) is 16.5. The molecule has 1 atom stereocenters. The molecule has 2 N–H and O–H groups in total. The largest absolute Gasteiger partial charge is 0.420 e. The van der Waals surface area contributed by atoms with Crippen molar-refractivity contribution in [2.24, 2.45) is 0 Å². The van der Waals surface area contributed by atoms with Gasteiger partial charge in [0.1, 0.15) is 11.1 Å². The number of hydrogen-bond acceptors (Lipinski definition) is 5. The number of carbonyl (C=O) groups is 1. The monoisotopic (exact) mass is 431 g/mol. The highest BCUT2D eigenvalue weighted by Gasteiger charge is 2.35. The first-order valence-electron chi connectivity index (χ1n) is 10.0. The molecular weight excluding hydrogens is 411 g/mol. The number of benzene rings is 1. The summed E-state index contributed by atoms with van der Waals surface area (Å²) in [7, 11) is 0. The third-order valence-electron chi connectivity index (χ3n) is 5.83. The van der Waals surface area contributed by atoms with Crippen LogP contribution in [-0.4, -0.2) is 52.6 Å². The topological polar surface area (TPSA) is 83.1 Å². The normalized spacial score (nSPS) is 19.5. The molecule has 0 radical (unpaired) electrons. The van der Waals surface area contributed by atoms with Gasteiger partial charge in [-0.1, -0.05) is 0 Å². The molecule has 0 bridgehead atoms. The van der Waals surface area contributed by atoms with Gasteiger partial charge in [-0.25, -0.2) is 9.97 Å². The van der Waals surface area contributed by atoms with Crippen molar-refractivity contribution in [2.75, 3.05) is 26.3 Å². The number of nitrogens with zero attached hydrogens (tertiary/aromatic N) is 3. The Morgan fingerprint density at radius 2 is 2.16 bits per heavy atom. The van der Waals surface area contributed by atoms with Crippen molar-refractivity contribution in [3.05, 3.63) is 46.8 Å². The lowest BCUT2D eigenvalue weighted by atomic mass is 9.88. The molecule has 1 aromatic carbocycles. The fraction of sp³-hybridized carbons (Fsp3) is 0.381. The first-order chi connectivity index (χ1) is 14.9. The number of ether oxygens (including phenoxy) is 1. The Kier molecular flexibility index (Phi) is 4.90. The average Bonchev–Trinajstić information content (AvgIpc) is 3.22. The summed E-state index contributed by atoms with van der Waals surface area (Å²) in [5.41, 5.74) is 3.22. The molecule has 2 aliphatic heterocycles. The van der Waals surface area contributed by atoms with E-state index in [2.05, 4.69) is 20.3 Å². The molecule has 0 aliphatic carbocycles. The first kappa shape index (κ1) is 20.0. The standard InChI is InChI=1S/C21H20F3N5O2/c22-21(23,24)16-7-26-20-19(16)28-17(8-27-20)13-5-12-1-3-29(11-30)9-15(12)14(6-13)18-10-31-4-2-25-18/h5-8,11,18,25H,1-4,9-10H2,(H,26,27). The Morgan fingerprint density at radius 3 is 2.90 bits per heavy atom. The minimum Gasteiger partial charge on any atom is -0.378 e. The van der Waals surface area contributed by atoms with Crippen LogP contribution in [0.15, 0.2) is 24.5 Å². The molecule has 1 saturated heterocycles. The fourth-order valence-corrected chi connectivity index (χ4v) is 4.28. The van der Waals surface area contributed by atoms with E-state index < -0.39 is 11.7 Å². The van der Waals surface area contributed by atoms with E-state index in [4.69, 9.17) is 4.74 Å². The highest BCUT2D eigenvalue weighted by Crippen LogP contribution is 2.36. The summed E-state index contributed by atoms with van der Waals surface area (Å²) < 4.78 is 45.7. The Morgan fingerprint density at radius 1 is 1.29 bits per heavy atom. The molecule has 31 heavy (non-hydrogen) atoms. The smallest absolute Gasteiger partial charge is 0.378 e. The zero-order chi connectivity index (χ0) is 21.6. The molecule has 3 aromatic rings. The van der Waals surface area contributed by atoms with Gasteiger partial charge in [-0.2, -0.15) is 13.2 Å². The lowest BCUT2D eigenvalue weighted by molar-refractivity contribution is -0.136. The van der Waals surface area contributed by atoms with Gasteiger partial charge in [0.25, 0.3) is 0 Å². The van der Waals surface area contributed by atoms with E-state index in [1.165, 1.54) is 6.20 Å². The predicted molar refractivity (Wildman–Crippen MR) is 106 cm³/mol. The molecule has 7 nitrogen and oxygen atoms in total. The number of amides is 1. The van der Waals surface area contributed by atoms with Gasteiger partial charge in [0.2, 0.25) is 6.41 Å². The van der Waals surface area contributed by atoms with Crippen molar-refractivity contribution < 1.29 is 22.7 Å². The van der Waals surface area contributed by atoms with E-state index in [0.717, 1.165) is 29.3 Å². The molecule has 2 aliphatic rings. The Balaban J connectivity index is 1.63. The van der Waals surface area contributed by atoms with Crippen molar-refractivity contribution in [3.8, 4) is 11.3 Å². The second-order valence-corrected chi connectivity index (χ2v) is 7.76. The third-order valence-corrected chi connectivity index (χ3v) is 5.83. The van der Waals surface area contributed by atoms with Crippen LogP contribution < -0.4 is 5.32 Å². The van der Waals surface area contributed by atoms with Gasteiger partial charge in [-0.3, -0.25) is 4.79 Å². The van der Waals surface area contributed by atoms with Gasteiger partial charge < -0.3 is 19.9 Å². The first-order valence-corrected chi connectivity index (χ1v) is 10.0. The quantitative estimate of drug-likeness (QED) is 0.624. The van der Waals surface area contributed by atoms with Crippen LogP contribution in [0.25, 0.3) is 22.4 Å². The van der Waals surface area contributed by atoms with E-state index in [1.807, 2.05) is 12.1 Å². The van der Waals surface area contributed by atoms with E-state index in [0.29, 0.717) is 50.5 Å². The maximum atomic E-state index is 13.3. The molecule has 0 spiro atoms. The predicted octanol–water partition coefficient (Wildman–Crippen LogP) is 2.82. The Bertz CT molecular complexity index is 1140. The number of rotatable bonds is 3. The average molecular weight is 431 g/mol. The van der Waals surface area contributed by atoms with Crippen molar-refractivity contribution in [1.29, 1.82) is 0 Å². The molecule has 1 fully saturated rings. The van der Waals surface area contributed by atoms with Gasteiger partial charge in [-0.15, -0.1) is 0 Å². The summed E-state index contributed by atoms with van der Waals surface area (Å²) in [5, 5.41) is 3.43. The molecule has 4 heterocycles. The summed E-state index contributed by atoms with van der Waals surface area (Å²) in [6, 6.07) is 3.80. The van der Waals surface area contributed by atoms with Crippen LogP contribution >= 0.6 is 0 Å². The van der Waals surface area contributed by atoms with Gasteiger partial charge in [0, 0.05) is 31.4 Å². The number of carbonyl (C=O) groups excluding carboxylic acids is 1. The summed E-state index contributed by atoms with van der Waals surface area (Å²) in [4.78, 5) is 24.1. The summed E-state index contributed by atoms with van der Waals surface area (Å²) in [5.74, 6) is 0. The van der Waals surface area contributed by atoms with Gasteiger partial charge in [-0.05, 0) is 35.2 Å². The molecular formula is C21H20F3N5O2. The molecule has 5 rings (SSSR count). The number of hydrogen-bond donors (Lipinski definition) is 2. The van der Waals surface area contributed by atoms with Crippen LogP contribution in [0.2, 0.25) is 0 Å². The van der Waals surface area contributed by atoms with Gasteiger partial charge >= 0.3 is 6.18 Å². The van der Waals surface area contributed by atoms with Crippen molar-refractivity contribution >= 4 is 17.6 Å². The van der Waals surface area contributed by atoms with E-state index in [9.17, 15) is 18.0 Å². The fourth-order valence-electron chi connectivity index (χ4n) is 4.28. The lowest BCUT2D eigenvalue weighted by Crippen LogP contribution is -2.37. The number of aromatic amines is 1. The van der Waals surface area contributed by atoms with E-state index >= 15 is 0 Å². The molecule has 162 valence electrons. The number of fused-ring (bicyclic) bond motifs is 2. The highest BCUT2D eigenvalue weighted by atomic mass is 19.4. The number of nitrogens with one attached hydrogen (secondary N) is 2. The Hall–Kier alpha value is -2.98. The van der Waals surface area contributed by atoms with Crippen LogP contribution in [0.1, 0.15) is 28.3 Å². The van der Waals surface area contributed by atoms with Gasteiger partial charge in [0.05, 0.1) is 31.1 Å². The van der Waals surface area contributed by atoms with Crippen LogP contribution in [0.3, 0.4) is 0 Å². The maximum absolute atomic E-state index is 13.3. The number of morpholine rings is 1. The number of halogens is 3. The number of alkyl halides is 3. The second kappa shape index (κ2) is 7.61. The van der Waals surface area contributed by atoms with E-state index in [-0.39, 0.29) is 17.2 Å².